The summed E-state index contributed by atoms with van der Waals surface area (Å²) in [4.78, 5) is 23.7. The number of hydrogen-bond acceptors (Lipinski definition) is 6. The van der Waals surface area contributed by atoms with Gasteiger partial charge in [0.2, 0.25) is 0 Å². The Labute approximate surface area is 145 Å². The van der Waals surface area contributed by atoms with E-state index >= 15 is 0 Å². The van der Waals surface area contributed by atoms with Crippen molar-refractivity contribution >= 4 is 58.3 Å². The molecule has 0 aliphatic carbocycles. The second-order valence-corrected chi connectivity index (χ2v) is 5.24. The van der Waals surface area contributed by atoms with Crippen LogP contribution in [0.4, 0.5) is 0 Å². The zero-order chi connectivity index (χ0) is 16.9. The quantitative estimate of drug-likeness (QED) is 0.571. The molecule has 0 spiro atoms. The maximum absolute atomic E-state index is 11.8. The Morgan fingerprint density at radius 3 is 1.23 bits per heavy atom. The van der Waals surface area contributed by atoms with Crippen molar-refractivity contribution in [3.63, 3.8) is 0 Å². The van der Waals surface area contributed by atoms with Crippen LogP contribution in [0, 0.1) is 0 Å². The number of aliphatic hydroxyl groups excluding tert-OH is 2. The Kier molecular flexibility index (Phi) is 7.68. The average Bonchev–Trinajstić information content (AvgIpc) is 2.49. The van der Waals surface area contributed by atoms with Crippen LogP contribution in [0.15, 0.2) is 0 Å². The first kappa shape index (κ1) is 19.3. The molecule has 1 rings (SSSR count). The van der Waals surface area contributed by atoms with E-state index in [9.17, 15) is 9.59 Å². The molecule has 0 atom stereocenters. The van der Waals surface area contributed by atoms with Crippen molar-refractivity contribution in [3.8, 4) is 0 Å². The van der Waals surface area contributed by atoms with Crippen molar-refractivity contribution < 1.29 is 29.3 Å². The van der Waals surface area contributed by atoms with Gasteiger partial charge in [0.15, 0.2) is 0 Å². The molecule has 6 nitrogen and oxygen atoms in total. The lowest BCUT2D eigenvalue weighted by Crippen LogP contribution is -2.14. The van der Waals surface area contributed by atoms with Gasteiger partial charge < -0.3 is 19.7 Å². The van der Waals surface area contributed by atoms with Crippen LogP contribution in [0.25, 0.3) is 0 Å². The SMILES string of the molecule is O=C(OCCO)c1c(Cl)c(Cl)c(C(=O)OCCO)c(Cl)c1Cl. The maximum Gasteiger partial charge on any atom is 0.341 e. The summed E-state index contributed by atoms with van der Waals surface area (Å²) in [7, 11) is 0. The summed E-state index contributed by atoms with van der Waals surface area (Å²) >= 11 is 23.7. The first-order chi connectivity index (χ1) is 10.4. The summed E-state index contributed by atoms with van der Waals surface area (Å²) < 4.78 is 9.38. The van der Waals surface area contributed by atoms with Gasteiger partial charge in [-0.2, -0.15) is 0 Å². The van der Waals surface area contributed by atoms with Crippen molar-refractivity contribution in [2.45, 2.75) is 0 Å². The second-order valence-electron chi connectivity index (χ2n) is 3.72. The normalized spacial score (nSPS) is 10.5. The minimum atomic E-state index is -0.955. The van der Waals surface area contributed by atoms with Crippen LogP contribution in [0.2, 0.25) is 20.1 Å². The number of carbonyl (C=O) groups excluding carboxylic acids is 2. The minimum Gasteiger partial charge on any atom is -0.460 e. The molecule has 22 heavy (non-hydrogen) atoms. The smallest absolute Gasteiger partial charge is 0.341 e. The van der Waals surface area contributed by atoms with E-state index in [1.807, 2.05) is 0 Å². The highest BCUT2D eigenvalue weighted by molar-refractivity contribution is 6.52. The molecule has 0 amide bonds. The van der Waals surface area contributed by atoms with E-state index in [1.54, 1.807) is 0 Å². The first-order valence-corrected chi connectivity index (χ1v) is 7.29. The van der Waals surface area contributed by atoms with Crippen molar-refractivity contribution in [2.75, 3.05) is 26.4 Å². The molecule has 0 aliphatic heterocycles. The Morgan fingerprint density at radius 1 is 0.727 bits per heavy atom. The van der Waals surface area contributed by atoms with Gasteiger partial charge in [-0.3, -0.25) is 0 Å². The number of hydrogen-bond donors (Lipinski definition) is 2. The van der Waals surface area contributed by atoms with Gasteiger partial charge in [-0.05, 0) is 0 Å². The van der Waals surface area contributed by atoms with Gasteiger partial charge in [0.05, 0.1) is 44.4 Å². The van der Waals surface area contributed by atoms with Crippen molar-refractivity contribution in [3.05, 3.63) is 31.2 Å². The van der Waals surface area contributed by atoms with Gasteiger partial charge in [-0.25, -0.2) is 9.59 Å². The highest BCUT2D eigenvalue weighted by Crippen LogP contribution is 2.41. The molecule has 0 unspecified atom stereocenters. The van der Waals surface area contributed by atoms with E-state index in [4.69, 9.17) is 56.6 Å². The fourth-order valence-corrected chi connectivity index (χ4v) is 2.57. The van der Waals surface area contributed by atoms with E-state index in [2.05, 4.69) is 9.47 Å². The largest absolute Gasteiger partial charge is 0.460 e. The number of benzene rings is 1. The number of esters is 2. The molecule has 0 aliphatic rings. The fraction of sp³-hybridized carbons (Fsp3) is 0.333. The van der Waals surface area contributed by atoms with Crippen LogP contribution in [0.1, 0.15) is 20.7 Å². The summed E-state index contributed by atoms with van der Waals surface area (Å²) in [5.74, 6) is -1.91. The van der Waals surface area contributed by atoms with Crippen molar-refractivity contribution in [1.29, 1.82) is 0 Å². The third-order valence-corrected chi connectivity index (χ3v) is 4.03. The molecule has 10 heteroatoms. The van der Waals surface area contributed by atoms with Crippen molar-refractivity contribution in [1.82, 2.24) is 0 Å². The third-order valence-electron chi connectivity index (χ3n) is 2.32. The van der Waals surface area contributed by atoms with Crippen LogP contribution >= 0.6 is 46.4 Å². The van der Waals surface area contributed by atoms with Gasteiger partial charge in [-0.15, -0.1) is 0 Å². The van der Waals surface area contributed by atoms with Crippen LogP contribution in [0.5, 0.6) is 0 Å². The Bertz CT molecular complexity index is 509. The lowest BCUT2D eigenvalue weighted by molar-refractivity contribution is 0.0422. The molecule has 0 heterocycles. The van der Waals surface area contributed by atoms with Crippen LogP contribution in [-0.2, 0) is 9.47 Å². The average molecular weight is 392 g/mol. The molecular formula is C12H10Cl4O6. The summed E-state index contributed by atoms with van der Waals surface area (Å²) in [6, 6.07) is 0. The maximum atomic E-state index is 11.8. The van der Waals surface area contributed by atoms with E-state index in [0.717, 1.165) is 0 Å². The zero-order valence-corrected chi connectivity index (χ0v) is 13.9. The highest BCUT2D eigenvalue weighted by atomic mass is 35.5. The van der Waals surface area contributed by atoms with E-state index in [1.165, 1.54) is 0 Å². The molecule has 2 N–H and O–H groups in total. The fourth-order valence-electron chi connectivity index (χ4n) is 1.41. The molecule has 0 aromatic heterocycles. The Balaban J connectivity index is 3.32. The second kappa shape index (κ2) is 8.76. The number of aliphatic hydroxyl groups is 2. The zero-order valence-electron chi connectivity index (χ0n) is 10.9. The van der Waals surface area contributed by atoms with Gasteiger partial charge in [0.1, 0.15) is 13.2 Å². The van der Waals surface area contributed by atoms with Crippen LogP contribution in [-0.4, -0.2) is 48.6 Å². The Hall–Kier alpha value is -0.760. The van der Waals surface area contributed by atoms with Gasteiger partial charge >= 0.3 is 11.9 Å². The molecule has 0 fully saturated rings. The van der Waals surface area contributed by atoms with E-state index in [0.29, 0.717) is 0 Å². The minimum absolute atomic E-state index is 0.277. The number of halogens is 4. The molecule has 0 saturated heterocycles. The van der Waals surface area contributed by atoms with E-state index in [-0.39, 0.29) is 44.4 Å². The van der Waals surface area contributed by atoms with Gasteiger partial charge in [0.25, 0.3) is 0 Å². The summed E-state index contributed by atoms with van der Waals surface area (Å²) in [6.45, 7) is -1.34. The van der Waals surface area contributed by atoms with Crippen molar-refractivity contribution in [2.24, 2.45) is 0 Å². The number of carbonyl (C=O) groups is 2. The summed E-state index contributed by atoms with van der Waals surface area (Å²) in [5.41, 5.74) is -0.656. The molecule has 1 aromatic carbocycles. The standard InChI is InChI=1S/C12H10Cl4O6/c13-7-5(11(19)21-3-1-17)8(14)10(16)6(9(7)15)12(20)22-4-2-18/h17-18H,1-4H2. The van der Waals surface area contributed by atoms with Crippen LogP contribution in [0.3, 0.4) is 0 Å². The molecule has 0 bridgehead atoms. The number of ether oxygens (including phenoxy) is 2. The predicted molar refractivity (Wildman–Crippen MR) is 81.2 cm³/mol. The third kappa shape index (κ3) is 4.16. The lowest BCUT2D eigenvalue weighted by Gasteiger charge is -2.14. The molecule has 122 valence electrons. The number of rotatable bonds is 6. The Morgan fingerprint density at radius 2 is 1.00 bits per heavy atom. The van der Waals surface area contributed by atoms with E-state index < -0.39 is 25.2 Å². The molecule has 1 aromatic rings. The molecule has 0 radical (unpaired) electrons. The predicted octanol–water partition coefficient (Wildman–Crippen LogP) is 2.60. The highest BCUT2D eigenvalue weighted by Gasteiger charge is 2.29. The van der Waals surface area contributed by atoms with Gasteiger partial charge in [-0.1, -0.05) is 46.4 Å². The topological polar surface area (TPSA) is 93.1 Å². The first-order valence-electron chi connectivity index (χ1n) is 5.78. The van der Waals surface area contributed by atoms with Gasteiger partial charge in [0, 0.05) is 0 Å². The monoisotopic (exact) mass is 390 g/mol. The molecular weight excluding hydrogens is 382 g/mol. The summed E-state index contributed by atoms with van der Waals surface area (Å²) in [5, 5.41) is 15.9. The summed E-state index contributed by atoms with van der Waals surface area (Å²) in [6.07, 6.45) is 0. The lowest BCUT2D eigenvalue weighted by atomic mass is 10.1. The van der Waals surface area contributed by atoms with Crippen LogP contribution < -0.4 is 0 Å². The molecule has 0 saturated carbocycles.